The summed E-state index contributed by atoms with van der Waals surface area (Å²) in [6.07, 6.45) is -0.940. The summed E-state index contributed by atoms with van der Waals surface area (Å²) in [4.78, 5) is 10.8. The molecule has 0 aliphatic rings. The molecule has 0 radical (unpaired) electrons. The van der Waals surface area contributed by atoms with Crippen molar-refractivity contribution in [2.75, 3.05) is 6.61 Å². The van der Waals surface area contributed by atoms with E-state index in [-0.39, 0.29) is 12.2 Å². The summed E-state index contributed by atoms with van der Waals surface area (Å²) in [5.41, 5.74) is 0.621. The van der Waals surface area contributed by atoms with E-state index in [1.54, 1.807) is 24.3 Å². The van der Waals surface area contributed by atoms with Gasteiger partial charge in [0.1, 0.15) is 6.61 Å². The lowest BCUT2D eigenvalue weighted by molar-refractivity contribution is -0.123. The summed E-state index contributed by atoms with van der Waals surface area (Å²) < 4.78 is 0. The van der Waals surface area contributed by atoms with E-state index in [2.05, 4.69) is 0 Å². The first kappa shape index (κ1) is 11.2. The third kappa shape index (κ3) is 3.10. The van der Waals surface area contributed by atoms with Gasteiger partial charge in [-0.1, -0.05) is 23.7 Å². The smallest absolute Gasteiger partial charge is 0.161 e. The fourth-order valence-corrected chi connectivity index (χ4v) is 1.21. The first-order valence-corrected chi connectivity index (χ1v) is 4.57. The van der Waals surface area contributed by atoms with Crippen LogP contribution in [0, 0.1) is 0 Å². The van der Waals surface area contributed by atoms with Crippen molar-refractivity contribution in [2.24, 2.45) is 0 Å². The van der Waals surface area contributed by atoms with E-state index in [1.807, 2.05) is 0 Å². The Hall–Kier alpha value is -0.900. The Balaban J connectivity index is 2.65. The maximum Gasteiger partial charge on any atom is 0.161 e. The molecule has 0 aromatic heterocycles. The molecule has 14 heavy (non-hydrogen) atoms. The minimum absolute atomic E-state index is 0.0713. The van der Waals surface area contributed by atoms with Crippen molar-refractivity contribution < 1.29 is 15.0 Å². The van der Waals surface area contributed by atoms with Crippen molar-refractivity contribution in [3.63, 3.8) is 0 Å². The molecule has 0 heterocycles. The van der Waals surface area contributed by atoms with E-state index < -0.39 is 12.7 Å². The minimum Gasteiger partial charge on any atom is -0.389 e. The molecule has 0 unspecified atom stereocenters. The molecule has 0 fully saturated rings. The molecule has 0 amide bonds. The van der Waals surface area contributed by atoms with Crippen LogP contribution in [0.3, 0.4) is 0 Å². The van der Waals surface area contributed by atoms with Crippen LogP contribution in [-0.2, 0) is 4.79 Å². The summed E-state index contributed by atoms with van der Waals surface area (Å²) in [5.74, 6) is -0.382. The molecule has 1 atom stereocenters. The zero-order chi connectivity index (χ0) is 10.6. The van der Waals surface area contributed by atoms with Gasteiger partial charge in [-0.15, -0.1) is 0 Å². The first-order chi connectivity index (χ1) is 6.63. The predicted molar refractivity (Wildman–Crippen MR) is 53.1 cm³/mol. The summed E-state index contributed by atoms with van der Waals surface area (Å²) in [5, 5.41) is 18.6. The van der Waals surface area contributed by atoms with Crippen LogP contribution in [-0.4, -0.2) is 22.6 Å². The average molecular weight is 215 g/mol. The van der Waals surface area contributed by atoms with Crippen LogP contribution in [0.25, 0.3) is 0 Å². The Morgan fingerprint density at radius 3 is 2.43 bits per heavy atom. The fourth-order valence-electron chi connectivity index (χ4n) is 1.08. The number of carbonyl (C=O) groups is 1. The van der Waals surface area contributed by atoms with Gasteiger partial charge >= 0.3 is 0 Å². The number of ketones is 1. The van der Waals surface area contributed by atoms with E-state index >= 15 is 0 Å². The van der Waals surface area contributed by atoms with E-state index in [0.717, 1.165) is 0 Å². The third-order valence-corrected chi connectivity index (χ3v) is 2.10. The van der Waals surface area contributed by atoms with Crippen LogP contribution in [0.5, 0.6) is 0 Å². The van der Waals surface area contributed by atoms with Gasteiger partial charge in [0.2, 0.25) is 0 Å². The van der Waals surface area contributed by atoms with Crippen molar-refractivity contribution >= 4 is 17.4 Å². The maximum atomic E-state index is 10.8. The summed E-state index contributed by atoms with van der Waals surface area (Å²) in [6, 6.07) is 6.59. The number of halogens is 1. The van der Waals surface area contributed by atoms with Crippen LogP contribution < -0.4 is 0 Å². The van der Waals surface area contributed by atoms with Gasteiger partial charge in [0.15, 0.2) is 5.78 Å². The second-order valence-corrected chi connectivity index (χ2v) is 3.40. The normalized spacial score (nSPS) is 12.5. The van der Waals surface area contributed by atoms with Gasteiger partial charge in [-0.2, -0.15) is 0 Å². The SMILES string of the molecule is O=C(CO)C[C@@H](O)c1ccc(Cl)cc1. The molecule has 0 bridgehead atoms. The highest BCUT2D eigenvalue weighted by molar-refractivity contribution is 6.30. The maximum absolute atomic E-state index is 10.8. The monoisotopic (exact) mass is 214 g/mol. The van der Waals surface area contributed by atoms with E-state index in [0.29, 0.717) is 10.6 Å². The lowest BCUT2D eigenvalue weighted by Gasteiger charge is -2.08. The standard InChI is InChI=1S/C10H11ClO3/c11-8-3-1-7(2-4-8)10(14)5-9(13)6-12/h1-4,10,12,14H,5-6H2/t10-/m1/s1. The summed E-state index contributed by atoms with van der Waals surface area (Å²) in [6.45, 7) is -0.537. The molecular formula is C10H11ClO3. The predicted octanol–water partition coefficient (Wildman–Crippen LogP) is 1.32. The number of benzene rings is 1. The number of hydrogen-bond donors (Lipinski definition) is 2. The number of aliphatic hydroxyl groups is 2. The van der Waals surface area contributed by atoms with Crippen molar-refractivity contribution in [1.29, 1.82) is 0 Å². The molecule has 2 N–H and O–H groups in total. The van der Waals surface area contributed by atoms with Crippen LogP contribution in [0.15, 0.2) is 24.3 Å². The fraction of sp³-hybridized carbons (Fsp3) is 0.300. The van der Waals surface area contributed by atoms with Gasteiger partial charge in [0, 0.05) is 11.4 Å². The van der Waals surface area contributed by atoms with Gasteiger partial charge in [-0.25, -0.2) is 0 Å². The molecule has 1 aromatic carbocycles. The molecule has 0 saturated heterocycles. The van der Waals surface area contributed by atoms with E-state index in [1.165, 1.54) is 0 Å². The van der Waals surface area contributed by atoms with Crippen molar-refractivity contribution in [1.82, 2.24) is 0 Å². The van der Waals surface area contributed by atoms with Crippen molar-refractivity contribution in [3.8, 4) is 0 Å². The molecule has 0 saturated carbocycles. The van der Waals surface area contributed by atoms with Gasteiger partial charge in [-0.05, 0) is 17.7 Å². The van der Waals surface area contributed by atoms with Crippen LogP contribution in [0.4, 0.5) is 0 Å². The van der Waals surface area contributed by atoms with Gasteiger partial charge in [0.25, 0.3) is 0 Å². The molecule has 3 nitrogen and oxygen atoms in total. The first-order valence-electron chi connectivity index (χ1n) is 4.19. The zero-order valence-corrected chi connectivity index (χ0v) is 8.24. The third-order valence-electron chi connectivity index (χ3n) is 1.85. The van der Waals surface area contributed by atoms with Crippen LogP contribution in [0.2, 0.25) is 5.02 Å². The van der Waals surface area contributed by atoms with E-state index in [4.69, 9.17) is 16.7 Å². The van der Waals surface area contributed by atoms with E-state index in [9.17, 15) is 9.90 Å². The number of aliphatic hydroxyl groups excluding tert-OH is 2. The van der Waals surface area contributed by atoms with Crippen LogP contribution >= 0.6 is 11.6 Å². The number of hydrogen-bond acceptors (Lipinski definition) is 3. The summed E-state index contributed by atoms with van der Waals surface area (Å²) in [7, 11) is 0. The minimum atomic E-state index is -0.869. The highest BCUT2D eigenvalue weighted by Crippen LogP contribution is 2.19. The highest BCUT2D eigenvalue weighted by atomic mass is 35.5. The number of Topliss-reactive ketones (excluding diaryl/α,β-unsaturated/α-hetero) is 1. The quantitative estimate of drug-likeness (QED) is 0.795. The largest absolute Gasteiger partial charge is 0.389 e. The Morgan fingerprint density at radius 1 is 1.36 bits per heavy atom. The Bertz CT molecular complexity index is 308. The molecule has 1 aromatic rings. The highest BCUT2D eigenvalue weighted by Gasteiger charge is 2.11. The molecule has 1 rings (SSSR count). The van der Waals surface area contributed by atoms with Crippen molar-refractivity contribution in [3.05, 3.63) is 34.9 Å². The molecule has 0 aliphatic carbocycles. The average Bonchev–Trinajstić information content (AvgIpc) is 2.18. The topological polar surface area (TPSA) is 57.5 Å². The molecule has 76 valence electrons. The Labute approximate surface area is 86.9 Å². The number of carbonyl (C=O) groups excluding carboxylic acids is 1. The van der Waals surface area contributed by atoms with Gasteiger partial charge in [0.05, 0.1) is 6.10 Å². The summed E-state index contributed by atoms with van der Waals surface area (Å²) >= 11 is 5.66. The van der Waals surface area contributed by atoms with Gasteiger partial charge in [-0.3, -0.25) is 4.79 Å². The second-order valence-electron chi connectivity index (χ2n) is 2.97. The molecule has 0 aliphatic heterocycles. The lowest BCUT2D eigenvalue weighted by atomic mass is 10.0. The van der Waals surface area contributed by atoms with Gasteiger partial charge < -0.3 is 10.2 Å². The second kappa shape index (κ2) is 5.10. The Kier molecular flexibility index (Phi) is 4.07. The Morgan fingerprint density at radius 2 is 1.93 bits per heavy atom. The van der Waals surface area contributed by atoms with Crippen LogP contribution in [0.1, 0.15) is 18.1 Å². The lowest BCUT2D eigenvalue weighted by Crippen LogP contribution is -2.09. The molecule has 4 heteroatoms. The number of rotatable bonds is 4. The molecule has 0 spiro atoms. The zero-order valence-electron chi connectivity index (χ0n) is 7.48. The van der Waals surface area contributed by atoms with Crippen molar-refractivity contribution in [2.45, 2.75) is 12.5 Å². The molecular weight excluding hydrogens is 204 g/mol.